The number of nitrogens with zero attached hydrogens (tertiary/aromatic N) is 2. The highest BCUT2D eigenvalue weighted by atomic mass is 15.1. The van der Waals surface area contributed by atoms with Crippen LogP contribution in [0.4, 0.5) is 5.69 Å². The average Bonchev–Trinajstić information content (AvgIpc) is 2.87. The van der Waals surface area contributed by atoms with Crippen LogP contribution in [0.1, 0.15) is 30.9 Å². The van der Waals surface area contributed by atoms with Crippen LogP contribution in [-0.4, -0.2) is 44.7 Å². The van der Waals surface area contributed by atoms with Crippen LogP contribution in [0.25, 0.3) is 0 Å². The quantitative estimate of drug-likeness (QED) is 0.897. The third-order valence-corrected chi connectivity index (χ3v) is 5.07. The van der Waals surface area contributed by atoms with Crippen molar-refractivity contribution in [2.24, 2.45) is 5.92 Å². The van der Waals surface area contributed by atoms with Crippen molar-refractivity contribution < 1.29 is 0 Å². The lowest BCUT2D eigenvalue weighted by molar-refractivity contribution is 0.176. The number of hydrogen-bond acceptors (Lipinski definition) is 3. The number of fused-ring (bicyclic) bond motifs is 1. The maximum absolute atomic E-state index is 3.49. The molecule has 3 rings (SSSR count). The van der Waals surface area contributed by atoms with Gasteiger partial charge in [-0.05, 0) is 68.6 Å². The molecule has 1 aromatic carbocycles. The van der Waals surface area contributed by atoms with Gasteiger partial charge in [0, 0.05) is 25.8 Å². The molecule has 0 unspecified atom stereocenters. The van der Waals surface area contributed by atoms with Crippen LogP contribution in [0.3, 0.4) is 0 Å². The number of likely N-dealkylation sites (N-methyl/N-ethyl adjacent to an activating group) is 1. The van der Waals surface area contributed by atoms with Gasteiger partial charge in [-0.1, -0.05) is 19.1 Å². The summed E-state index contributed by atoms with van der Waals surface area (Å²) in [4.78, 5) is 4.99. The fourth-order valence-electron chi connectivity index (χ4n) is 3.67. The Morgan fingerprint density at radius 1 is 1.19 bits per heavy atom. The molecule has 1 fully saturated rings. The lowest BCUT2D eigenvalue weighted by atomic mass is 9.96. The molecule has 0 aromatic heterocycles. The molecule has 2 aliphatic rings. The first-order valence-electron chi connectivity index (χ1n) is 8.52. The number of nitrogens with one attached hydrogen (secondary N) is 1. The van der Waals surface area contributed by atoms with Crippen molar-refractivity contribution in [1.29, 1.82) is 0 Å². The van der Waals surface area contributed by atoms with Gasteiger partial charge in [0.1, 0.15) is 0 Å². The van der Waals surface area contributed by atoms with Gasteiger partial charge in [0.05, 0.1) is 0 Å². The van der Waals surface area contributed by atoms with E-state index < -0.39 is 0 Å². The zero-order valence-electron chi connectivity index (χ0n) is 13.6. The summed E-state index contributed by atoms with van der Waals surface area (Å²) in [5.74, 6) is 0.884. The molecule has 2 heterocycles. The molecule has 1 aromatic rings. The Balaban J connectivity index is 1.52. The van der Waals surface area contributed by atoms with E-state index in [9.17, 15) is 0 Å². The Morgan fingerprint density at radius 2 is 2.00 bits per heavy atom. The molecule has 21 heavy (non-hydrogen) atoms. The summed E-state index contributed by atoms with van der Waals surface area (Å²) in [6.07, 6.45) is 3.91. The van der Waals surface area contributed by atoms with Crippen molar-refractivity contribution in [3.63, 3.8) is 0 Å². The summed E-state index contributed by atoms with van der Waals surface area (Å²) < 4.78 is 0. The minimum atomic E-state index is 0.884. The summed E-state index contributed by atoms with van der Waals surface area (Å²) in [6.45, 7) is 9.32. The van der Waals surface area contributed by atoms with Gasteiger partial charge in [0.25, 0.3) is 0 Å². The van der Waals surface area contributed by atoms with Gasteiger partial charge in [-0.2, -0.15) is 0 Å². The van der Waals surface area contributed by atoms with Crippen molar-refractivity contribution in [3.05, 3.63) is 29.3 Å². The second kappa shape index (κ2) is 6.80. The monoisotopic (exact) mass is 287 g/mol. The Morgan fingerprint density at radius 3 is 2.76 bits per heavy atom. The summed E-state index contributed by atoms with van der Waals surface area (Å²) in [5, 5.41) is 3.49. The minimum absolute atomic E-state index is 0.884. The number of likely N-dealkylation sites (tertiary alicyclic amines) is 1. The molecule has 0 spiro atoms. The number of anilines is 1. The molecular formula is C18H29N3. The van der Waals surface area contributed by atoms with Gasteiger partial charge in [0.2, 0.25) is 0 Å². The number of benzene rings is 1. The normalized spacial score (nSPS) is 20.0. The van der Waals surface area contributed by atoms with Gasteiger partial charge < -0.3 is 10.2 Å². The van der Waals surface area contributed by atoms with Crippen LogP contribution in [0.15, 0.2) is 18.2 Å². The summed E-state index contributed by atoms with van der Waals surface area (Å²) in [6, 6.07) is 7.07. The fourth-order valence-corrected chi connectivity index (χ4v) is 3.67. The molecule has 0 saturated carbocycles. The maximum atomic E-state index is 3.49. The smallest absolute Gasteiger partial charge is 0.0397 e. The van der Waals surface area contributed by atoms with E-state index in [2.05, 4.69) is 47.3 Å². The van der Waals surface area contributed by atoms with Crippen molar-refractivity contribution in [1.82, 2.24) is 10.2 Å². The topological polar surface area (TPSA) is 18.5 Å². The Hall–Kier alpha value is -1.06. The van der Waals surface area contributed by atoms with Crippen molar-refractivity contribution in [3.8, 4) is 0 Å². The minimum Gasteiger partial charge on any atom is -0.374 e. The first-order chi connectivity index (χ1) is 10.3. The highest BCUT2D eigenvalue weighted by molar-refractivity contribution is 5.58. The molecule has 0 radical (unpaired) electrons. The standard InChI is InChI=1S/C18H29N3/c1-3-19-13-15-6-10-21(11-7-15)14-16-4-5-18-17(12-16)8-9-20(18)2/h4-5,12,15,19H,3,6-11,13-14H2,1-2H3. The van der Waals surface area contributed by atoms with Crippen LogP contribution >= 0.6 is 0 Å². The number of rotatable bonds is 5. The Bertz CT molecular complexity index is 464. The van der Waals surface area contributed by atoms with E-state index in [1.165, 1.54) is 62.3 Å². The SMILES string of the molecule is CCNCC1CCN(Cc2ccc3c(c2)CCN3C)CC1. The average molecular weight is 287 g/mol. The van der Waals surface area contributed by atoms with E-state index in [1.807, 2.05) is 0 Å². The molecule has 1 N–H and O–H groups in total. The highest BCUT2D eigenvalue weighted by Gasteiger charge is 2.20. The third kappa shape index (κ3) is 3.58. The molecule has 0 atom stereocenters. The Labute approximate surface area is 129 Å². The maximum Gasteiger partial charge on any atom is 0.0397 e. The van der Waals surface area contributed by atoms with Gasteiger partial charge in [-0.25, -0.2) is 0 Å². The summed E-state index contributed by atoms with van der Waals surface area (Å²) in [7, 11) is 2.20. The summed E-state index contributed by atoms with van der Waals surface area (Å²) >= 11 is 0. The van der Waals surface area contributed by atoms with Crippen molar-refractivity contribution in [2.75, 3.05) is 44.7 Å². The van der Waals surface area contributed by atoms with E-state index in [4.69, 9.17) is 0 Å². The molecule has 0 bridgehead atoms. The molecule has 2 aliphatic heterocycles. The van der Waals surface area contributed by atoms with Gasteiger partial charge in [0.15, 0.2) is 0 Å². The van der Waals surface area contributed by atoms with Crippen LogP contribution < -0.4 is 10.2 Å². The lowest BCUT2D eigenvalue weighted by Crippen LogP contribution is -2.36. The number of hydrogen-bond donors (Lipinski definition) is 1. The van der Waals surface area contributed by atoms with E-state index in [-0.39, 0.29) is 0 Å². The molecule has 0 aliphatic carbocycles. The van der Waals surface area contributed by atoms with Gasteiger partial charge in [-0.15, -0.1) is 0 Å². The molecule has 116 valence electrons. The predicted octanol–water partition coefficient (Wildman–Crippen LogP) is 2.50. The van der Waals surface area contributed by atoms with Gasteiger partial charge >= 0.3 is 0 Å². The largest absolute Gasteiger partial charge is 0.374 e. The van der Waals surface area contributed by atoms with E-state index in [0.29, 0.717) is 0 Å². The van der Waals surface area contributed by atoms with Crippen LogP contribution in [0, 0.1) is 5.92 Å². The summed E-state index contributed by atoms with van der Waals surface area (Å²) in [5.41, 5.74) is 4.47. The second-order valence-corrected chi connectivity index (χ2v) is 6.66. The van der Waals surface area contributed by atoms with Gasteiger partial charge in [-0.3, -0.25) is 4.90 Å². The van der Waals surface area contributed by atoms with Crippen molar-refractivity contribution >= 4 is 5.69 Å². The molecule has 3 nitrogen and oxygen atoms in total. The number of piperidine rings is 1. The molecule has 0 amide bonds. The van der Waals surface area contributed by atoms with E-state index >= 15 is 0 Å². The molecule has 1 saturated heterocycles. The Kier molecular flexibility index (Phi) is 4.81. The third-order valence-electron chi connectivity index (χ3n) is 5.07. The lowest BCUT2D eigenvalue weighted by Gasteiger charge is -2.32. The van der Waals surface area contributed by atoms with E-state index in [0.717, 1.165) is 19.0 Å². The second-order valence-electron chi connectivity index (χ2n) is 6.66. The zero-order valence-corrected chi connectivity index (χ0v) is 13.6. The molecular weight excluding hydrogens is 258 g/mol. The van der Waals surface area contributed by atoms with Crippen molar-refractivity contribution in [2.45, 2.75) is 32.7 Å². The first-order valence-corrected chi connectivity index (χ1v) is 8.52. The zero-order chi connectivity index (χ0) is 14.7. The van der Waals surface area contributed by atoms with Crippen LogP contribution in [-0.2, 0) is 13.0 Å². The molecule has 3 heteroatoms. The first kappa shape index (κ1) is 14.9. The van der Waals surface area contributed by atoms with Crippen LogP contribution in [0.5, 0.6) is 0 Å². The van der Waals surface area contributed by atoms with Crippen LogP contribution in [0.2, 0.25) is 0 Å². The fraction of sp³-hybridized carbons (Fsp3) is 0.667. The predicted molar refractivity (Wildman–Crippen MR) is 90.0 cm³/mol. The van der Waals surface area contributed by atoms with E-state index in [1.54, 1.807) is 0 Å². The highest BCUT2D eigenvalue weighted by Crippen LogP contribution is 2.28.